The van der Waals surface area contributed by atoms with Gasteiger partial charge in [0.05, 0.1) is 5.75 Å². The summed E-state index contributed by atoms with van der Waals surface area (Å²) in [6.45, 7) is 1.68. The Balaban J connectivity index is 2.24. The van der Waals surface area contributed by atoms with E-state index in [2.05, 4.69) is 0 Å². The molecule has 3 nitrogen and oxygen atoms in total. The smallest absolute Gasteiger partial charge is 0.150 e. The van der Waals surface area contributed by atoms with Crippen LogP contribution in [-0.2, 0) is 15.3 Å². The van der Waals surface area contributed by atoms with Crippen molar-refractivity contribution in [1.29, 1.82) is 0 Å². The monoisotopic (exact) mass is 252 g/mol. The molecule has 1 fully saturated rings. The van der Waals surface area contributed by atoms with Gasteiger partial charge in [0.1, 0.15) is 6.29 Å². The standard InChI is InChI=1S/C13H16O3S/c1-2-17(15,16)10-13(7-8-13)12-5-3-11(9-14)4-6-12/h3-6,9H,2,7-8,10H2,1H3. The molecule has 4 heteroatoms. The second kappa shape index (κ2) is 4.26. The summed E-state index contributed by atoms with van der Waals surface area (Å²) < 4.78 is 23.4. The third kappa shape index (κ3) is 2.57. The maximum atomic E-state index is 11.7. The highest BCUT2D eigenvalue weighted by Crippen LogP contribution is 2.49. The summed E-state index contributed by atoms with van der Waals surface area (Å²) in [5, 5.41) is 0. The first kappa shape index (κ1) is 12.3. The molecule has 17 heavy (non-hydrogen) atoms. The van der Waals surface area contributed by atoms with Gasteiger partial charge in [0.2, 0.25) is 0 Å². The molecule has 0 bridgehead atoms. The average molecular weight is 252 g/mol. The van der Waals surface area contributed by atoms with Crippen molar-refractivity contribution in [1.82, 2.24) is 0 Å². The zero-order chi connectivity index (χ0) is 12.5. The lowest BCUT2D eigenvalue weighted by Crippen LogP contribution is -2.22. The maximum absolute atomic E-state index is 11.7. The van der Waals surface area contributed by atoms with Gasteiger partial charge in [-0.1, -0.05) is 31.2 Å². The summed E-state index contributed by atoms with van der Waals surface area (Å²) in [4.78, 5) is 10.6. The molecule has 0 heterocycles. The Kier molecular flexibility index (Phi) is 3.08. The summed E-state index contributed by atoms with van der Waals surface area (Å²) in [7, 11) is -2.95. The molecule has 0 aromatic heterocycles. The first-order chi connectivity index (χ1) is 8.01. The van der Waals surface area contributed by atoms with Gasteiger partial charge >= 0.3 is 0 Å². The minimum absolute atomic E-state index is 0.184. The molecule has 0 aliphatic heterocycles. The van der Waals surface area contributed by atoms with Crippen LogP contribution >= 0.6 is 0 Å². The third-order valence-electron chi connectivity index (χ3n) is 3.45. The molecular formula is C13H16O3S. The number of carbonyl (C=O) groups is 1. The van der Waals surface area contributed by atoms with E-state index >= 15 is 0 Å². The Morgan fingerprint density at radius 2 is 1.82 bits per heavy atom. The number of aldehydes is 1. The summed E-state index contributed by atoms with van der Waals surface area (Å²) in [5.74, 6) is 0.429. The average Bonchev–Trinajstić information content (AvgIpc) is 3.09. The van der Waals surface area contributed by atoms with Crippen LogP contribution < -0.4 is 0 Å². The van der Waals surface area contributed by atoms with Gasteiger partial charge in [-0.3, -0.25) is 4.79 Å². The summed E-state index contributed by atoms with van der Waals surface area (Å²) in [5.41, 5.74) is 1.49. The first-order valence-electron chi connectivity index (χ1n) is 5.77. The van der Waals surface area contributed by atoms with Crippen molar-refractivity contribution in [2.24, 2.45) is 0 Å². The lowest BCUT2D eigenvalue weighted by Gasteiger charge is -2.15. The SMILES string of the molecule is CCS(=O)(=O)CC1(c2ccc(C=O)cc2)CC1. The van der Waals surface area contributed by atoms with E-state index < -0.39 is 9.84 Å². The largest absolute Gasteiger partial charge is 0.298 e. The quantitative estimate of drug-likeness (QED) is 0.753. The fraction of sp³-hybridized carbons (Fsp3) is 0.462. The molecule has 0 amide bonds. The van der Waals surface area contributed by atoms with Crippen LogP contribution in [0.2, 0.25) is 0 Å². The molecule has 2 rings (SSSR count). The van der Waals surface area contributed by atoms with E-state index in [-0.39, 0.29) is 16.9 Å². The van der Waals surface area contributed by atoms with Crippen LogP contribution in [0.3, 0.4) is 0 Å². The molecule has 1 aliphatic rings. The minimum atomic E-state index is -2.95. The van der Waals surface area contributed by atoms with Crippen molar-refractivity contribution < 1.29 is 13.2 Å². The zero-order valence-electron chi connectivity index (χ0n) is 9.85. The van der Waals surface area contributed by atoms with E-state index in [1.54, 1.807) is 19.1 Å². The number of sulfone groups is 1. The molecule has 1 saturated carbocycles. The number of hydrogen-bond acceptors (Lipinski definition) is 3. The highest BCUT2D eigenvalue weighted by atomic mass is 32.2. The second-order valence-electron chi connectivity index (χ2n) is 4.70. The lowest BCUT2D eigenvalue weighted by molar-refractivity contribution is 0.112. The normalized spacial score (nSPS) is 17.7. The Labute approximate surface area is 102 Å². The van der Waals surface area contributed by atoms with Crippen LogP contribution in [0.1, 0.15) is 35.7 Å². The number of benzene rings is 1. The van der Waals surface area contributed by atoms with Crippen molar-refractivity contribution in [2.45, 2.75) is 25.2 Å². The van der Waals surface area contributed by atoms with Crippen molar-refractivity contribution >= 4 is 16.1 Å². The van der Waals surface area contributed by atoms with Crippen molar-refractivity contribution in [2.75, 3.05) is 11.5 Å². The van der Waals surface area contributed by atoms with Crippen LogP contribution in [0.5, 0.6) is 0 Å². The van der Waals surface area contributed by atoms with Crippen LogP contribution in [0.25, 0.3) is 0 Å². The third-order valence-corrected chi connectivity index (χ3v) is 5.32. The van der Waals surface area contributed by atoms with E-state index in [1.165, 1.54) is 0 Å². The van der Waals surface area contributed by atoms with E-state index in [4.69, 9.17) is 0 Å². The summed E-state index contributed by atoms with van der Waals surface area (Å²) in [6, 6.07) is 7.26. The molecule has 92 valence electrons. The van der Waals surface area contributed by atoms with Crippen LogP contribution in [0.4, 0.5) is 0 Å². The van der Waals surface area contributed by atoms with E-state index in [0.717, 1.165) is 24.7 Å². The Bertz CT molecular complexity index is 510. The van der Waals surface area contributed by atoms with Gasteiger partial charge in [0.15, 0.2) is 9.84 Å². The van der Waals surface area contributed by atoms with Crippen molar-refractivity contribution in [3.63, 3.8) is 0 Å². The molecule has 0 atom stereocenters. The van der Waals surface area contributed by atoms with Gasteiger partial charge in [-0.15, -0.1) is 0 Å². The maximum Gasteiger partial charge on any atom is 0.150 e. The molecule has 1 aliphatic carbocycles. The Morgan fingerprint density at radius 1 is 1.24 bits per heavy atom. The van der Waals surface area contributed by atoms with Crippen molar-refractivity contribution in [3.8, 4) is 0 Å². The van der Waals surface area contributed by atoms with E-state index in [9.17, 15) is 13.2 Å². The molecule has 0 N–H and O–H groups in total. The predicted octanol–water partition coefficient (Wildman–Crippen LogP) is 1.97. The molecule has 1 aromatic rings. The summed E-state index contributed by atoms with van der Waals surface area (Å²) in [6.07, 6.45) is 2.64. The van der Waals surface area contributed by atoms with Gasteiger partial charge in [0.25, 0.3) is 0 Å². The van der Waals surface area contributed by atoms with E-state index in [1.807, 2.05) is 12.1 Å². The number of hydrogen-bond donors (Lipinski definition) is 0. The topological polar surface area (TPSA) is 51.2 Å². The fourth-order valence-corrected chi connectivity index (χ4v) is 3.61. The molecule has 1 aromatic carbocycles. The molecule has 0 radical (unpaired) electrons. The van der Waals surface area contributed by atoms with Gasteiger partial charge in [-0.05, 0) is 18.4 Å². The Morgan fingerprint density at radius 3 is 2.24 bits per heavy atom. The van der Waals surface area contributed by atoms with Gasteiger partial charge in [-0.25, -0.2) is 8.42 Å². The summed E-state index contributed by atoms with van der Waals surface area (Å²) >= 11 is 0. The minimum Gasteiger partial charge on any atom is -0.298 e. The highest BCUT2D eigenvalue weighted by Gasteiger charge is 2.47. The first-order valence-corrected chi connectivity index (χ1v) is 7.60. The highest BCUT2D eigenvalue weighted by molar-refractivity contribution is 7.91. The molecule has 0 spiro atoms. The number of carbonyl (C=O) groups excluding carboxylic acids is 1. The van der Waals surface area contributed by atoms with Crippen molar-refractivity contribution in [3.05, 3.63) is 35.4 Å². The van der Waals surface area contributed by atoms with Gasteiger partial charge < -0.3 is 0 Å². The van der Waals surface area contributed by atoms with Crippen LogP contribution in [0.15, 0.2) is 24.3 Å². The Hall–Kier alpha value is -1.16. The van der Waals surface area contributed by atoms with Crippen LogP contribution in [-0.4, -0.2) is 26.2 Å². The van der Waals surface area contributed by atoms with E-state index in [0.29, 0.717) is 5.56 Å². The lowest BCUT2D eigenvalue weighted by atomic mass is 9.97. The predicted molar refractivity (Wildman–Crippen MR) is 67.1 cm³/mol. The molecular weight excluding hydrogens is 236 g/mol. The zero-order valence-corrected chi connectivity index (χ0v) is 10.7. The molecule has 0 unspecified atom stereocenters. The fourth-order valence-electron chi connectivity index (χ4n) is 2.11. The molecule has 0 saturated heterocycles. The van der Waals surface area contributed by atoms with Gasteiger partial charge in [0, 0.05) is 16.7 Å². The second-order valence-corrected chi connectivity index (χ2v) is 7.05. The number of rotatable bonds is 5. The van der Waals surface area contributed by atoms with Gasteiger partial charge in [-0.2, -0.15) is 0 Å². The van der Waals surface area contributed by atoms with Crippen LogP contribution in [0, 0.1) is 0 Å².